The molecule has 3 rings (SSSR count). The number of thioether (sulfide) groups is 1. The van der Waals surface area contributed by atoms with Crippen molar-refractivity contribution in [1.29, 1.82) is 0 Å². The normalized spacial score (nSPS) is 19.0. The molecule has 1 aliphatic heterocycles. The molecule has 1 fully saturated rings. The monoisotopic (exact) mass is 372 g/mol. The van der Waals surface area contributed by atoms with Crippen molar-refractivity contribution < 1.29 is 5.11 Å². The van der Waals surface area contributed by atoms with E-state index >= 15 is 0 Å². The Labute approximate surface area is 160 Å². The van der Waals surface area contributed by atoms with Crippen LogP contribution in [-0.2, 0) is 13.1 Å². The lowest BCUT2D eigenvalue weighted by Crippen LogP contribution is -2.52. The van der Waals surface area contributed by atoms with Gasteiger partial charge in [-0.2, -0.15) is 0 Å². The van der Waals surface area contributed by atoms with E-state index < -0.39 is 0 Å². The standard InChI is InChI=1S/C20H28N4OS/c1-16-5-3-4-6-18(16)14-24-9-8-23(15-19(24)7-10-25)13-17-11-21-20(26-2)22-12-17/h3-6,11-12,19,25H,7-10,13-15H2,1-2H3. The predicted octanol–water partition coefficient (Wildman–Crippen LogP) is 2.58. The van der Waals surface area contributed by atoms with Gasteiger partial charge in [0.1, 0.15) is 0 Å². The summed E-state index contributed by atoms with van der Waals surface area (Å²) in [7, 11) is 0. The zero-order valence-electron chi connectivity index (χ0n) is 15.6. The van der Waals surface area contributed by atoms with Crippen LogP contribution in [0.3, 0.4) is 0 Å². The van der Waals surface area contributed by atoms with Gasteiger partial charge in [-0.05, 0) is 30.7 Å². The minimum absolute atomic E-state index is 0.230. The number of aromatic nitrogens is 2. The van der Waals surface area contributed by atoms with Gasteiger partial charge in [0.15, 0.2) is 5.16 Å². The maximum Gasteiger partial charge on any atom is 0.187 e. The second-order valence-electron chi connectivity index (χ2n) is 6.88. The number of hydrogen-bond donors (Lipinski definition) is 1. The molecule has 140 valence electrons. The van der Waals surface area contributed by atoms with Crippen LogP contribution in [-0.4, -0.2) is 63.4 Å². The number of piperazine rings is 1. The van der Waals surface area contributed by atoms with Gasteiger partial charge in [-0.25, -0.2) is 9.97 Å². The first kappa shape index (κ1) is 19.3. The topological polar surface area (TPSA) is 52.5 Å². The van der Waals surface area contributed by atoms with E-state index in [2.05, 4.69) is 51.0 Å². The summed E-state index contributed by atoms with van der Waals surface area (Å²) >= 11 is 1.56. The molecule has 2 heterocycles. The number of aliphatic hydroxyl groups is 1. The van der Waals surface area contributed by atoms with Crippen LogP contribution in [0.15, 0.2) is 41.8 Å². The first-order chi connectivity index (χ1) is 12.7. The molecule has 0 bridgehead atoms. The SMILES string of the molecule is CSc1ncc(CN2CCN(Cc3ccccc3C)C(CCO)C2)cn1. The Morgan fingerprint density at radius 2 is 1.92 bits per heavy atom. The number of hydrogen-bond acceptors (Lipinski definition) is 6. The van der Waals surface area contributed by atoms with Crippen LogP contribution in [0.5, 0.6) is 0 Å². The Morgan fingerprint density at radius 1 is 1.15 bits per heavy atom. The van der Waals surface area contributed by atoms with Crippen molar-refractivity contribution in [3.63, 3.8) is 0 Å². The summed E-state index contributed by atoms with van der Waals surface area (Å²) in [5.41, 5.74) is 3.87. The summed E-state index contributed by atoms with van der Waals surface area (Å²) in [6, 6.07) is 8.96. The predicted molar refractivity (Wildman–Crippen MR) is 106 cm³/mol. The first-order valence-corrected chi connectivity index (χ1v) is 10.4. The van der Waals surface area contributed by atoms with Crippen molar-refractivity contribution in [3.8, 4) is 0 Å². The highest BCUT2D eigenvalue weighted by Gasteiger charge is 2.27. The van der Waals surface area contributed by atoms with Gasteiger partial charge in [0.2, 0.25) is 0 Å². The smallest absolute Gasteiger partial charge is 0.187 e. The van der Waals surface area contributed by atoms with Gasteiger partial charge < -0.3 is 5.11 Å². The lowest BCUT2D eigenvalue weighted by molar-refractivity contribution is 0.0497. The maximum atomic E-state index is 9.52. The summed E-state index contributed by atoms with van der Waals surface area (Å²) in [6.45, 7) is 7.24. The molecule has 0 amide bonds. The molecule has 1 aromatic carbocycles. The summed E-state index contributed by atoms with van der Waals surface area (Å²) in [5, 5.41) is 10.3. The van der Waals surface area contributed by atoms with Crippen molar-refractivity contribution >= 4 is 11.8 Å². The molecule has 1 atom stereocenters. The Morgan fingerprint density at radius 3 is 2.62 bits per heavy atom. The molecule has 26 heavy (non-hydrogen) atoms. The zero-order valence-corrected chi connectivity index (χ0v) is 16.5. The van der Waals surface area contributed by atoms with Crippen LogP contribution in [0.25, 0.3) is 0 Å². The van der Waals surface area contributed by atoms with E-state index in [0.29, 0.717) is 6.04 Å². The molecule has 0 radical (unpaired) electrons. The minimum Gasteiger partial charge on any atom is -0.396 e. The van der Waals surface area contributed by atoms with Crippen LogP contribution < -0.4 is 0 Å². The average Bonchev–Trinajstić information content (AvgIpc) is 2.66. The van der Waals surface area contributed by atoms with Gasteiger partial charge >= 0.3 is 0 Å². The Balaban J connectivity index is 1.62. The molecule has 6 heteroatoms. The third-order valence-electron chi connectivity index (χ3n) is 5.06. The molecule has 0 saturated carbocycles. The van der Waals surface area contributed by atoms with E-state index in [9.17, 15) is 5.11 Å². The fourth-order valence-electron chi connectivity index (χ4n) is 3.53. The molecule has 1 N–H and O–H groups in total. The summed E-state index contributed by atoms with van der Waals surface area (Å²) < 4.78 is 0. The van der Waals surface area contributed by atoms with Crippen molar-refractivity contribution in [2.24, 2.45) is 0 Å². The Hall–Kier alpha value is -1.47. The third kappa shape index (κ3) is 5.04. The van der Waals surface area contributed by atoms with E-state index in [1.165, 1.54) is 11.1 Å². The van der Waals surface area contributed by atoms with E-state index in [4.69, 9.17) is 0 Å². The van der Waals surface area contributed by atoms with Gasteiger partial charge in [-0.15, -0.1) is 0 Å². The van der Waals surface area contributed by atoms with E-state index in [0.717, 1.165) is 49.9 Å². The lowest BCUT2D eigenvalue weighted by atomic mass is 10.0. The molecular formula is C20H28N4OS. The van der Waals surface area contributed by atoms with Crippen molar-refractivity contribution in [1.82, 2.24) is 19.8 Å². The van der Waals surface area contributed by atoms with Crippen LogP contribution in [0.1, 0.15) is 23.1 Å². The van der Waals surface area contributed by atoms with Crippen LogP contribution >= 0.6 is 11.8 Å². The molecule has 0 spiro atoms. The third-order valence-corrected chi connectivity index (χ3v) is 5.63. The van der Waals surface area contributed by atoms with Crippen molar-refractivity contribution in [2.45, 2.75) is 37.6 Å². The van der Waals surface area contributed by atoms with Gasteiger partial charge in [0.25, 0.3) is 0 Å². The van der Waals surface area contributed by atoms with Gasteiger partial charge in [0, 0.05) is 63.3 Å². The summed E-state index contributed by atoms with van der Waals surface area (Å²) in [4.78, 5) is 13.7. The lowest BCUT2D eigenvalue weighted by Gasteiger charge is -2.41. The van der Waals surface area contributed by atoms with E-state index in [1.807, 2.05) is 18.6 Å². The van der Waals surface area contributed by atoms with Gasteiger partial charge in [-0.3, -0.25) is 9.80 Å². The molecule has 1 aliphatic rings. The second-order valence-corrected chi connectivity index (χ2v) is 7.65. The molecule has 2 aromatic rings. The van der Waals surface area contributed by atoms with Gasteiger partial charge in [0.05, 0.1) is 0 Å². The molecule has 0 aliphatic carbocycles. The second kappa shape index (κ2) is 9.46. The summed E-state index contributed by atoms with van der Waals surface area (Å²) in [6.07, 6.45) is 6.66. The Kier molecular flexibility index (Phi) is 7.02. The molecule has 1 saturated heterocycles. The molecule has 5 nitrogen and oxygen atoms in total. The highest BCUT2D eigenvalue weighted by molar-refractivity contribution is 7.98. The molecular weight excluding hydrogens is 344 g/mol. The van der Waals surface area contributed by atoms with Crippen LogP contribution in [0.2, 0.25) is 0 Å². The quantitative estimate of drug-likeness (QED) is 0.596. The fraction of sp³-hybridized carbons (Fsp3) is 0.500. The fourth-order valence-corrected chi connectivity index (χ4v) is 3.84. The van der Waals surface area contributed by atoms with E-state index in [1.54, 1.807) is 11.8 Å². The minimum atomic E-state index is 0.230. The molecule has 1 aromatic heterocycles. The zero-order chi connectivity index (χ0) is 18.4. The molecule has 1 unspecified atom stereocenters. The van der Waals surface area contributed by atoms with E-state index in [-0.39, 0.29) is 6.61 Å². The highest BCUT2D eigenvalue weighted by Crippen LogP contribution is 2.20. The largest absolute Gasteiger partial charge is 0.396 e. The highest BCUT2D eigenvalue weighted by atomic mass is 32.2. The van der Waals surface area contributed by atoms with Crippen LogP contribution in [0, 0.1) is 6.92 Å². The number of aliphatic hydroxyl groups excluding tert-OH is 1. The van der Waals surface area contributed by atoms with Crippen molar-refractivity contribution in [2.75, 3.05) is 32.5 Å². The van der Waals surface area contributed by atoms with Gasteiger partial charge in [-0.1, -0.05) is 36.0 Å². The first-order valence-electron chi connectivity index (χ1n) is 9.16. The number of rotatable bonds is 7. The number of aryl methyl sites for hydroxylation is 1. The average molecular weight is 373 g/mol. The van der Waals surface area contributed by atoms with Crippen molar-refractivity contribution in [3.05, 3.63) is 53.3 Å². The summed E-state index contributed by atoms with van der Waals surface area (Å²) in [5.74, 6) is 0. The van der Waals surface area contributed by atoms with Crippen LogP contribution in [0.4, 0.5) is 0 Å². The number of nitrogens with zero attached hydrogens (tertiary/aromatic N) is 4. The number of benzene rings is 1. The maximum absolute atomic E-state index is 9.52. The Bertz CT molecular complexity index is 694.